The number of rotatable bonds is 7. The summed E-state index contributed by atoms with van der Waals surface area (Å²) in [5, 5.41) is 0. The molecule has 0 saturated heterocycles. The first-order valence-corrected chi connectivity index (χ1v) is 6.31. The molecule has 1 heteroatoms. The van der Waals surface area contributed by atoms with Gasteiger partial charge in [-0.15, -0.1) is 0 Å². The van der Waals surface area contributed by atoms with E-state index in [1.54, 1.807) is 0 Å². The van der Waals surface area contributed by atoms with Gasteiger partial charge in [0.1, 0.15) is 0 Å². The lowest BCUT2D eigenvalue weighted by Gasteiger charge is -2.05. The van der Waals surface area contributed by atoms with E-state index in [9.17, 15) is 0 Å². The molecule has 0 aromatic carbocycles. The van der Waals surface area contributed by atoms with E-state index in [0.29, 0.717) is 0 Å². The summed E-state index contributed by atoms with van der Waals surface area (Å²) in [5.74, 6) is 0. The molecule has 1 nitrogen and oxygen atoms in total. The highest BCUT2D eigenvalue weighted by molar-refractivity contribution is 5.19. The standard InChI is InChI=1S/C14H23N/c1-3-5-6-7-8-11-14-13(4-2)10-9-12-15-14/h9-10,12H,3-8,11H2,1-2H3. The maximum Gasteiger partial charge on any atom is 0.0435 e. The van der Waals surface area contributed by atoms with Crippen molar-refractivity contribution in [2.45, 2.75) is 58.8 Å². The summed E-state index contributed by atoms with van der Waals surface area (Å²) in [4.78, 5) is 4.47. The Morgan fingerprint density at radius 2 is 1.87 bits per heavy atom. The lowest BCUT2D eigenvalue weighted by Crippen LogP contribution is -1.96. The molecule has 0 spiro atoms. The van der Waals surface area contributed by atoms with Crippen LogP contribution in [0, 0.1) is 0 Å². The monoisotopic (exact) mass is 205 g/mol. The third-order valence-electron chi connectivity index (χ3n) is 2.88. The Labute approximate surface area is 93.9 Å². The molecule has 1 aromatic rings. The van der Waals surface area contributed by atoms with Gasteiger partial charge in [-0.25, -0.2) is 0 Å². The van der Waals surface area contributed by atoms with Crippen LogP contribution in [0.15, 0.2) is 18.3 Å². The Kier molecular flexibility index (Phi) is 6.06. The topological polar surface area (TPSA) is 12.9 Å². The van der Waals surface area contributed by atoms with E-state index in [-0.39, 0.29) is 0 Å². The van der Waals surface area contributed by atoms with Crippen molar-refractivity contribution in [2.24, 2.45) is 0 Å². The predicted molar refractivity (Wildman–Crippen MR) is 66.1 cm³/mol. The van der Waals surface area contributed by atoms with E-state index in [2.05, 4.69) is 24.9 Å². The van der Waals surface area contributed by atoms with Crippen LogP contribution >= 0.6 is 0 Å². The molecule has 0 aliphatic rings. The van der Waals surface area contributed by atoms with Gasteiger partial charge >= 0.3 is 0 Å². The van der Waals surface area contributed by atoms with Crippen LogP contribution in [0.1, 0.15) is 57.2 Å². The Balaban J connectivity index is 2.30. The van der Waals surface area contributed by atoms with E-state index in [1.807, 2.05) is 12.3 Å². The van der Waals surface area contributed by atoms with Crippen molar-refractivity contribution in [1.82, 2.24) is 4.98 Å². The van der Waals surface area contributed by atoms with Crippen molar-refractivity contribution in [1.29, 1.82) is 0 Å². The summed E-state index contributed by atoms with van der Waals surface area (Å²) in [6.07, 6.45) is 10.9. The number of unbranched alkanes of at least 4 members (excludes halogenated alkanes) is 4. The maximum atomic E-state index is 4.47. The first kappa shape index (κ1) is 12.2. The highest BCUT2D eigenvalue weighted by Crippen LogP contribution is 2.11. The van der Waals surface area contributed by atoms with Crippen LogP contribution in [0.4, 0.5) is 0 Å². The van der Waals surface area contributed by atoms with Crippen LogP contribution in [0.2, 0.25) is 0 Å². The fourth-order valence-electron chi connectivity index (χ4n) is 1.91. The first-order chi connectivity index (χ1) is 7.38. The fraction of sp³-hybridized carbons (Fsp3) is 0.643. The molecule has 0 aliphatic carbocycles. The van der Waals surface area contributed by atoms with Gasteiger partial charge in [0.05, 0.1) is 0 Å². The first-order valence-electron chi connectivity index (χ1n) is 6.31. The summed E-state index contributed by atoms with van der Waals surface area (Å²) in [6, 6.07) is 4.24. The van der Waals surface area contributed by atoms with Crippen molar-refractivity contribution < 1.29 is 0 Å². The van der Waals surface area contributed by atoms with E-state index in [0.717, 1.165) is 12.8 Å². The van der Waals surface area contributed by atoms with Crippen LogP contribution in [0.3, 0.4) is 0 Å². The molecule has 84 valence electrons. The van der Waals surface area contributed by atoms with Crippen LogP contribution < -0.4 is 0 Å². The quantitative estimate of drug-likeness (QED) is 0.609. The second kappa shape index (κ2) is 7.44. The van der Waals surface area contributed by atoms with E-state index >= 15 is 0 Å². The maximum absolute atomic E-state index is 4.47. The lowest BCUT2D eigenvalue weighted by molar-refractivity contribution is 0.626. The Morgan fingerprint density at radius 1 is 1.07 bits per heavy atom. The zero-order valence-electron chi connectivity index (χ0n) is 10.1. The molecule has 1 heterocycles. The minimum Gasteiger partial charge on any atom is -0.261 e. The largest absolute Gasteiger partial charge is 0.261 e. The molecule has 0 fully saturated rings. The van der Waals surface area contributed by atoms with Crippen LogP contribution in [-0.2, 0) is 12.8 Å². The van der Waals surface area contributed by atoms with Crippen molar-refractivity contribution >= 4 is 0 Å². The van der Waals surface area contributed by atoms with Gasteiger partial charge in [-0.2, -0.15) is 0 Å². The van der Waals surface area contributed by atoms with Crippen molar-refractivity contribution in [3.05, 3.63) is 29.6 Å². The summed E-state index contributed by atoms with van der Waals surface area (Å²) >= 11 is 0. The summed E-state index contributed by atoms with van der Waals surface area (Å²) < 4.78 is 0. The van der Waals surface area contributed by atoms with Gasteiger partial charge in [0.2, 0.25) is 0 Å². The number of aromatic nitrogens is 1. The zero-order chi connectivity index (χ0) is 10.9. The van der Waals surface area contributed by atoms with Crippen LogP contribution in [-0.4, -0.2) is 4.98 Å². The third kappa shape index (κ3) is 4.46. The van der Waals surface area contributed by atoms with Gasteiger partial charge < -0.3 is 0 Å². The van der Waals surface area contributed by atoms with Crippen molar-refractivity contribution in [3.63, 3.8) is 0 Å². The number of pyridine rings is 1. The minimum atomic E-state index is 1.11. The van der Waals surface area contributed by atoms with E-state index in [4.69, 9.17) is 0 Å². The average Bonchev–Trinajstić information content (AvgIpc) is 2.29. The second-order valence-electron chi connectivity index (χ2n) is 4.13. The van der Waals surface area contributed by atoms with Crippen LogP contribution in [0.25, 0.3) is 0 Å². The number of aryl methyl sites for hydroxylation is 2. The number of hydrogen-bond donors (Lipinski definition) is 0. The van der Waals surface area contributed by atoms with Crippen molar-refractivity contribution in [2.75, 3.05) is 0 Å². The lowest BCUT2D eigenvalue weighted by atomic mass is 10.0. The molecular formula is C14H23N. The van der Waals surface area contributed by atoms with Gasteiger partial charge in [0, 0.05) is 11.9 Å². The molecule has 1 rings (SSSR count). The molecule has 0 bridgehead atoms. The Hall–Kier alpha value is -0.850. The van der Waals surface area contributed by atoms with Crippen LogP contribution in [0.5, 0.6) is 0 Å². The average molecular weight is 205 g/mol. The van der Waals surface area contributed by atoms with Gasteiger partial charge in [-0.3, -0.25) is 4.98 Å². The third-order valence-corrected chi connectivity index (χ3v) is 2.88. The molecule has 0 aliphatic heterocycles. The summed E-state index contributed by atoms with van der Waals surface area (Å²) in [7, 11) is 0. The van der Waals surface area contributed by atoms with Gasteiger partial charge in [0.25, 0.3) is 0 Å². The zero-order valence-corrected chi connectivity index (χ0v) is 10.1. The van der Waals surface area contributed by atoms with Gasteiger partial charge in [-0.05, 0) is 30.9 Å². The van der Waals surface area contributed by atoms with Gasteiger partial charge in [-0.1, -0.05) is 45.6 Å². The number of nitrogens with zero attached hydrogens (tertiary/aromatic N) is 1. The van der Waals surface area contributed by atoms with E-state index in [1.165, 1.54) is 43.4 Å². The fourth-order valence-corrected chi connectivity index (χ4v) is 1.91. The molecule has 0 saturated carbocycles. The molecule has 0 amide bonds. The van der Waals surface area contributed by atoms with E-state index < -0.39 is 0 Å². The smallest absolute Gasteiger partial charge is 0.0435 e. The molecule has 1 aromatic heterocycles. The van der Waals surface area contributed by atoms with Gasteiger partial charge in [0.15, 0.2) is 0 Å². The highest BCUT2D eigenvalue weighted by atomic mass is 14.7. The molecule has 0 radical (unpaired) electrons. The van der Waals surface area contributed by atoms with Crippen molar-refractivity contribution in [3.8, 4) is 0 Å². The molecular weight excluding hydrogens is 182 g/mol. The second-order valence-corrected chi connectivity index (χ2v) is 4.13. The molecule has 0 atom stereocenters. The summed E-state index contributed by atoms with van der Waals surface area (Å²) in [5.41, 5.74) is 2.74. The Morgan fingerprint density at radius 3 is 2.60 bits per heavy atom. The predicted octanol–water partition coefficient (Wildman–Crippen LogP) is 4.16. The normalized spacial score (nSPS) is 10.5. The SMILES string of the molecule is CCCCCCCc1ncccc1CC. The molecule has 0 N–H and O–H groups in total. The highest BCUT2D eigenvalue weighted by Gasteiger charge is 2.00. The molecule has 0 unspecified atom stereocenters. The minimum absolute atomic E-state index is 1.11. The molecule has 15 heavy (non-hydrogen) atoms. The summed E-state index contributed by atoms with van der Waals surface area (Å²) in [6.45, 7) is 4.46. The Bertz CT molecular complexity index is 268. The number of hydrogen-bond acceptors (Lipinski definition) is 1.